The predicted octanol–water partition coefficient (Wildman–Crippen LogP) is 3.81. The highest BCUT2D eigenvalue weighted by atomic mass is 35.5. The second-order valence-corrected chi connectivity index (χ2v) is 4.92. The Bertz CT molecular complexity index is 590. The fourth-order valence-corrected chi connectivity index (χ4v) is 2.26. The van der Waals surface area contributed by atoms with Crippen molar-refractivity contribution in [1.29, 1.82) is 0 Å². The summed E-state index contributed by atoms with van der Waals surface area (Å²) in [5, 5.41) is 0.461. The van der Waals surface area contributed by atoms with Crippen molar-refractivity contribution < 1.29 is 4.39 Å². The lowest BCUT2D eigenvalue weighted by Gasteiger charge is -2.11. The summed E-state index contributed by atoms with van der Waals surface area (Å²) in [7, 11) is 0. The zero-order valence-electron chi connectivity index (χ0n) is 10.5. The van der Waals surface area contributed by atoms with Gasteiger partial charge in [-0.05, 0) is 39.0 Å². The van der Waals surface area contributed by atoms with Gasteiger partial charge in [0.25, 0.3) is 0 Å². The lowest BCUT2D eigenvalue weighted by molar-refractivity contribution is 0.590. The summed E-state index contributed by atoms with van der Waals surface area (Å²) in [4.78, 5) is 4.34. The number of benzene rings is 1. The highest BCUT2D eigenvalue weighted by Crippen LogP contribution is 2.32. The van der Waals surface area contributed by atoms with E-state index in [0.29, 0.717) is 22.1 Å². The SMILES string of the molecule is Cc1nc(-c2cc(Cl)ccc2F)c(N)n1C(C)C. The molecule has 3 nitrogen and oxygen atoms in total. The molecule has 0 fully saturated rings. The smallest absolute Gasteiger partial charge is 0.132 e. The van der Waals surface area contributed by atoms with Crippen molar-refractivity contribution in [2.24, 2.45) is 0 Å². The van der Waals surface area contributed by atoms with Crippen molar-refractivity contribution in [3.63, 3.8) is 0 Å². The molecule has 1 aromatic carbocycles. The number of nitrogen functional groups attached to an aromatic ring is 1. The largest absolute Gasteiger partial charge is 0.383 e. The normalized spacial score (nSPS) is 11.2. The molecule has 0 unspecified atom stereocenters. The van der Waals surface area contributed by atoms with Gasteiger partial charge in [-0.25, -0.2) is 9.37 Å². The highest BCUT2D eigenvalue weighted by molar-refractivity contribution is 6.30. The van der Waals surface area contributed by atoms with E-state index in [1.807, 2.05) is 25.3 Å². The van der Waals surface area contributed by atoms with Crippen LogP contribution < -0.4 is 5.73 Å². The summed E-state index contributed by atoms with van der Waals surface area (Å²) in [6, 6.07) is 4.54. The Labute approximate surface area is 110 Å². The van der Waals surface area contributed by atoms with Crippen molar-refractivity contribution in [2.75, 3.05) is 5.73 Å². The molecule has 5 heteroatoms. The van der Waals surface area contributed by atoms with Crippen LogP contribution in [0.25, 0.3) is 11.3 Å². The fraction of sp³-hybridized carbons (Fsp3) is 0.308. The predicted molar refractivity (Wildman–Crippen MR) is 72.2 cm³/mol. The number of aryl methyl sites for hydroxylation is 1. The molecule has 0 saturated carbocycles. The molecule has 0 aliphatic carbocycles. The topological polar surface area (TPSA) is 43.8 Å². The first-order valence-corrected chi connectivity index (χ1v) is 6.09. The molecular weight excluding hydrogens is 253 g/mol. The van der Waals surface area contributed by atoms with E-state index in [0.717, 1.165) is 5.82 Å². The second kappa shape index (κ2) is 4.61. The standard InChI is InChI=1S/C13H15ClFN3/c1-7(2)18-8(3)17-12(13(18)16)10-6-9(14)4-5-11(10)15/h4-7H,16H2,1-3H3. The molecule has 0 spiro atoms. The molecule has 2 rings (SSSR count). The number of anilines is 1. The molecule has 0 bridgehead atoms. The minimum Gasteiger partial charge on any atom is -0.383 e. The number of nitrogens with two attached hydrogens (primary N) is 1. The van der Waals surface area contributed by atoms with Crippen LogP contribution in [0.2, 0.25) is 5.02 Å². The average molecular weight is 268 g/mol. The van der Waals surface area contributed by atoms with Gasteiger partial charge < -0.3 is 10.3 Å². The van der Waals surface area contributed by atoms with Crippen LogP contribution in [-0.4, -0.2) is 9.55 Å². The Morgan fingerprint density at radius 1 is 1.39 bits per heavy atom. The Morgan fingerprint density at radius 2 is 2.06 bits per heavy atom. The molecule has 2 N–H and O–H groups in total. The van der Waals surface area contributed by atoms with Gasteiger partial charge in [0, 0.05) is 16.6 Å². The minimum absolute atomic E-state index is 0.175. The number of aromatic nitrogens is 2. The van der Waals surface area contributed by atoms with Crippen LogP contribution in [0, 0.1) is 12.7 Å². The van der Waals surface area contributed by atoms with Gasteiger partial charge >= 0.3 is 0 Å². The number of imidazole rings is 1. The van der Waals surface area contributed by atoms with E-state index < -0.39 is 0 Å². The number of hydrogen-bond donors (Lipinski definition) is 1. The van der Waals surface area contributed by atoms with Crippen molar-refractivity contribution in [2.45, 2.75) is 26.8 Å². The van der Waals surface area contributed by atoms with Gasteiger partial charge in [-0.2, -0.15) is 0 Å². The summed E-state index contributed by atoms with van der Waals surface area (Å²) >= 11 is 5.89. The Kier molecular flexibility index (Phi) is 3.30. The molecule has 1 heterocycles. The Hall–Kier alpha value is -1.55. The highest BCUT2D eigenvalue weighted by Gasteiger charge is 2.18. The first kappa shape index (κ1) is 12.9. The summed E-state index contributed by atoms with van der Waals surface area (Å²) in [5.41, 5.74) is 6.83. The van der Waals surface area contributed by atoms with Crippen LogP contribution in [0.15, 0.2) is 18.2 Å². The van der Waals surface area contributed by atoms with Crippen LogP contribution in [-0.2, 0) is 0 Å². The van der Waals surface area contributed by atoms with E-state index in [1.54, 1.807) is 6.07 Å². The summed E-state index contributed by atoms with van der Waals surface area (Å²) in [6.45, 7) is 5.86. The molecule has 0 amide bonds. The van der Waals surface area contributed by atoms with E-state index >= 15 is 0 Å². The first-order chi connectivity index (χ1) is 8.41. The Balaban J connectivity index is 2.65. The van der Waals surface area contributed by atoms with Gasteiger partial charge in [0.1, 0.15) is 23.2 Å². The minimum atomic E-state index is -0.375. The lowest BCUT2D eigenvalue weighted by atomic mass is 10.1. The van der Waals surface area contributed by atoms with Crippen molar-refractivity contribution in [3.05, 3.63) is 34.9 Å². The third-order valence-electron chi connectivity index (χ3n) is 2.82. The van der Waals surface area contributed by atoms with E-state index in [1.165, 1.54) is 12.1 Å². The quantitative estimate of drug-likeness (QED) is 0.899. The molecule has 0 aliphatic rings. The summed E-state index contributed by atoms with van der Waals surface area (Å²) < 4.78 is 15.7. The first-order valence-electron chi connectivity index (χ1n) is 5.71. The summed E-state index contributed by atoms with van der Waals surface area (Å²) in [6.07, 6.45) is 0. The van der Waals surface area contributed by atoms with Crippen molar-refractivity contribution in [3.8, 4) is 11.3 Å². The molecule has 0 radical (unpaired) electrons. The number of hydrogen-bond acceptors (Lipinski definition) is 2. The molecule has 0 saturated heterocycles. The number of nitrogens with zero attached hydrogens (tertiary/aromatic N) is 2. The second-order valence-electron chi connectivity index (χ2n) is 4.48. The maximum Gasteiger partial charge on any atom is 0.132 e. The van der Waals surface area contributed by atoms with Gasteiger partial charge in [-0.15, -0.1) is 0 Å². The maximum atomic E-state index is 13.8. The van der Waals surface area contributed by atoms with Crippen molar-refractivity contribution in [1.82, 2.24) is 9.55 Å². The van der Waals surface area contributed by atoms with Crippen molar-refractivity contribution >= 4 is 17.4 Å². The zero-order valence-corrected chi connectivity index (χ0v) is 11.3. The third-order valence-corrected chi connectivity index (χ3v) is 3.06. The monoisotopic (exact) mass is 267 g/mol. The molecule has 2 aromatic rings. The van der Waals surface area contributed by atoms with Gasteiger partial charge in [0.05, 0.1) is 0 Å². The fourth-order valence-electron chi connectivity index (χ4n) is 2.09. The number of halogens is 2. The zero-order chi connectivity index (χ0) is 13.4. The molecule has 0 atom stereocenters. The van der Waals surface area contributed by atoms with Gasteiger partial charge in [0.2, 0.25) is 0 Å². The van der Waals surface area contributed by atoms with Crippen LogP contribution in [0.3, 0.4) is 0 Å². The molecule has 96 valence electrons. The van der Waals surface area contributed by atoms with Crippen LogP contribution in [0.4, 0.5) is 10.2 Å². The molecule has 18 heavy (non-hydrogen) atoms. The molecule has 1 aromatic heterocycles. The lowest BCUT2D eigenvalue weighted by Crippen LogP contribution is -2.07. The van der Waals surface area contributed by atoms with Crippen LogP contribution >= 0.6 is 11.6 Å². The van der Waals surface area contributed by atoms with Gasteiger partial charge in [0.15, 0.2) is 0 Å². The van der Waals surface area contributed by atoms with Gasteiger partial charge in [-0.3, -0.25) is 0 Å². The van der Waals surface area contributed by atoms with Gasteiger partial charge in [-0.1, -0.05) is 11.6 Å². The van der Waals surface area contributed by atoms with E-state index in [2.05, 4.69) is 4.98 Å². The van der Waals surface area contributed by atoms with E-state index in [4.69, 9.17) is 17.3 Å². The Morgan fingerprint density at radius 3 is 2.61 bits per heavy atom. The maximum absolute atomic E-state index is 13.8. The van der Waals surface area contributed by atoms with E-state index in [9.17, 15) is 4.39 Å². The summed E-state index contributed by atoms with van der Waals surface area (Å²) in [5.74, 6) is 0.847. The van der Waals surface area contributed by atoms with Crippen LogP contribution in [0.5, 0.6) is 0 Å². The molecular formula is C13H15ClFN3. The third kappa shape index (κ3) is 2.08. The average Bonchev–Trinajstić information content (AvgIpc) is 2.57. The number of rotatable bonds is 2. The van der Waals surface area contributed by atoms with E-state index in [-0.39, 0.29) is 11.9 Å². The molecule has 0 aliphatic heterocycles. The van der Waals surface area contributed by atoms with Crippen LogP contribution in [0.1, 0.15) is 25.7 Å².